The number of hydrogen-bond donors (Lipinski definition) is 2. The predicted octanol–water partition coefficient (Wildman–Crippen LogP) is 0.967. The quantitative estimate of drug-likeness (QED) is 0.874. The van der Waals surface area contributed by atoms with Gasteiger partial charge in [0.15, 0.2) is 0 Å². The number of imidazole rings is 1. The van der Waals surface area contributed by atoms with E-state index in [0.717, 1.165) is 0 Å². The average molecular weight is 282 g/mol. The summed E-state index contributed by atoms with van der Waals surface area (Å²) in [6.45, 7) is 1.74. The molecule has 0 fully saturated rings. The molecule has 7 heteroatoms. The summed E-state index contributed by atoms with van der Waals surface area (Å²) in [6.07, 6.45) is 1.55. The van der Waals surface area contributed by atoms with Crippen molar-refractivity contribution < 1.29 is 14.1 Å². The number of aromatic nitrogens is 2. The zero-order valence-corrected chi connectivity index (χ0v) is 11.4. The first kappa shape index (κ1) is 13.5. The van der Waals surface area contributed by atoms with Crippen LogP contribution in [0.4, 0.5) is 0 Å². The Hall–Kier alpha value is -1.89. The van der Waals surface area contributed by atoms with Gasteiger partial charge in [-0.1, -0.05) is 6.07 Å². The number of aromatic carboxylic acids is 1. The molecule has 2 aromatic rings. The zero-order valence-electron chi connectivity index (χ0n) is 10.5. The van der Waals surface area contributed by atoms with Gasteiger partial charge in [-0.15, -0.1) is 0 Å². The fraction of sp³-hybridized carbons (Fsp3) is 0.333. The number of fused-ring (bicyclic) bond motifs is 1. The van der Waals surface area contributed by atoms with Gasteiger partial charge < -0.3 is 10.1 Å². The molecule has 0 spiro atoms. The largest absolute Gasteiger partial charge is 0.478 e. The third-order valence-corrected chi connectivity index (χ3v) is 3.84. The van der Waals surface area contributed by atoms with Crippen molar-refractivity contribution in [2.24, 2.45) is 0 Å². The van der Waals surface area contributed by atoms with Gasteiger partial charge in [0.2, 0.25) is 0 Å². The molecule has 1 aromatic carbocycles. The second kappa shape index (κ2) is 5.00. The normalized spacial score (nSPS) is 14.4. The number of aromatic amines is 1. The summed E-state index contributed by atoms with van der Waals surface area (Å²) in [5.74, 6) is -0.802. The van der Waals surface area contributed by atoms with E-state index in [9.17, 15) is 18.9 Å². The van der Waals surface area contributed by atoms with E-state index in [4.69, 9.17) is 0 Å². The molecule has 2 unspecified atom stereocenters. The van der Waals surface area contributed by atoms with Crippen molar-refractivity contribution in [3.8, 4) is 0 Å². The Morgan fingerprint density at radius 3 is 2.79 bits per heavy atom. The van der Waals surface area contributed by atoms with Gasteiger partial charge in [0, 0.05) is 28.9 Å². The predicted molar refractivity (Wildman–Crippen MR) is 73.2 cm³/mol. The number of H-pyrrole nitrogens is 1. The zero-order chi connectivity index (χ0) is 14.2. The lowest BCUT2D eigenvalue weighted by molar-refractivity contribution is 0.0698. The molecule has 1 aromatic heterocycles. The number of nitrogens with zero attached hydrogens (tertiary/aromatic N) is 1. The van der Waals surface area contributed by atoms with Crippen molar-refractivity contribution in [2.45, 2.75) is 13.0 Å². The molecule has 0 aliphatic heterocycles. The van der Waals surface area contributed by atoms with E-state index >= 15 is 0 Å². The first-order valence-corrected chi connectivity index (χ1v) is 7.41. The number of carboxylic acid groups (broad SMARTS) is 1. The van der Waals surface area contributed by atoms with Crippen LogP contribution in [0.1, 0.15) is 23.3 Å². The summed E-state index contributed by atoms with van der Waals surface area (Å²) in [5.41, 5.74) is 0.489. The Balaban J connectivity index is 2.72. The highest BCUT2D eigenvalue weighted by Gasteiger charge is 2.19. The summed E-state index contributed by atoms with van der Waals surface area (Å²) in [5, 5.41) is 9.19. The fourth-order valence-electron chi connectivity index (χ4n) is 2.19. The number of rotatable bonds is 4. The van der Waals surface area contributed by atoms with Crippen LogP contribution >= 0.6 is 0 Å². The van der Waals surface area contributed by atoms with Crippen LogP contribution in [-0.4, -0.2) is 36.8 Å². The lowest BCUT2D eigenvalue weighted by Crippen LogP contribution is -2.24. The molecule has 0 saturated heterocycles. The van der Waals surface area contributed by atoms with Gasteiger partial charge in [0.05, 0.1) is 16.6 Å². The molecule has 0 saturated carbocycles. The Kier molecular flexibility index (Phi) is 3.57. The first-order valence-electron chi connectivity index (χ1n) is 5.68. The molecule has 102 valence electrons. The maximum atomic E-state index is 12.0. The number of nitrogens with one attached hydrogen (secondary N) is 1. The first-order chi connectivity index (χ1) is 8.91. The van der Waals surface area contributed by atoms with Crippen LogP contribution in [0.3, 0.4) is 0 Å². The molecule has 2 atom stereocenters. The van der Waals surface area contributed by atoms with E-state index in [2.05, 4.69) is 4.98 Å². The maximum absolute atomic E-state index is 12.0. The minimum absolute atomic E-state index is 0.0598. The molecular formula is C12H14N2O4S. The number of hydrogen-bond acceptors (Lipinski definition) is 3. The summed E-state index contributed by atoms with van der Waals surface area (Å²) in [6, 6.07) is 4.33. The van der Waals surface area contributed by atoms with Crippen LogP contribution in [-0.2, 0) is 10.8 Å². The average Bonchev–Trinajstić information content (AvgIpc) is 2.63. The van der Waals surface area contributed by atoms with E-state index in [-0.39, 0.29) is 17.3 Å². The van der Waals surface area contributed by atoms with Crippen LogP contribution in [0.15, 0.2) is 23.0 Å². The molecule has 0 aliphatic rings. The molecule has 2 N–H and O–H groups in total. The van der Waals surface area contributed by atoms with Crippen molar-refractivity contribution >= 4 is 27.8 Å². The summed E-state index contributed by atoms with van der Waals surface area (Å²) in [7, 11) is -1.07. The second-order valence-electron chi connectivity index (χ2n) is 4.40. The minimum Gasteiger partial charge on any atom is -0.478 e. The van der Waals surface area contributed by atoms with Gasteiger partial charge in [0.25, 0.3) is 0 Å². The topological polar surface area (TPSA) is 92.2 Å². The third-order valence-electron chi connectivity index (χ3n) is 2.88. The van der Waals surface area contributed by atoms with Crippen LogP contribution in [0.2, 0.25) is 0 Å². The fourth-order valence-corrected chi connectivity index (χ4v) is 3.02. The van der Waals surface area contributed by atoms with E-state index < -0.39 is 16.8 Å². The molecule has 0 radical (unpaired) electrons. The van der Waals surface area contributed by atoms with E-state index in [1.807, 2.05) is 0 Å². The van der Waals surface area contributed by atoms with Gasteiger partial charge in [0.1, 0.15) is 0 Å². The van der Waals surface area contributed by atoms with Crippen LogP contribution in [0.25, 0.3) is 11.0 Å². The molecule has 0 amide bonds. The summed E-state index contributed by atoms with van der Waals surface area (Å²) in [4.78, 5) is 25.8. The van der Waals surface area contributed by atoms with Crippen LogP contribution < -0.4 is 5.69 Å². The lowest BCUT2D eigenvalue weighted by Gasteiger charge is -2.12. The van der Waals surface area contributed by atoms with Gasteiger partial charge in [-0.3, -0.25) is 8.78 Å². The van der Waals surface area contributed by atoms with Gasteiger partial charge >= 0.3 is 11.7 Å². The third kappa shape index (κ3) is 2.46. The molecular weight excluding hydrogens is 268 g/mol. The Bertz CT molecular complexity index is 716. The number of benzene rings is 1. The lowest BCUT2D eigenvalue weighted by atomic mass is 10.1. The maximum Gasteiger partial charge on any atom is 0.337 e. The van der Waals surface area contributed by atoms with Crippen molar-refractivity contribution in [2.75, 3.05) is 12.0 Å². The van der Waals surface area contributed by atoms with Crippen molar-refractivity contribution in [3.05, 3.63) is 34.2 Å². The van der Waals surface area contributed by atoms with Gasteiger partial charge in [-0.25, -0.2) is 9.59 Å². The van der Waals surface area contributed by atoms with Crippen molar-refractivity contribution in [1.82, 2.24) is 9.55 Å². The number of carbonyl (C=O) groups is 1. The number of carboxylic acids is 1. The van der Waals surface area contributed by atoms with E-state index in [1.165, 1.54) is 10.6 Å². The van der Waals surface area contributed by atoms with E-state index in [0.29, 0.717) is 16.8 Å². The number of para-hydroxylation sites is 1. The molecule has 1 heterocycles. The highest BCUT2D eigenvalue weighted by molar-refractivity contribution is 7.84. The molecule has 6 nitrogen and oxygen atoms in total. The molecule has 19 heavy (non-hydrogen) atoms. The molecule has 2 rings (SSSR count). The van der Waals surface area contributed by atoms with Crippen LogP contribution in [0, 0.1) is 0 Å². The van der Waals surface area contributed by atoms with Crippen molar-refractivity contribution in [1.29, 1.82) is 0 Å². The Morgan fingerprint density at radius 1 is 1.53 bits per heavy atom. The molecule has 0 bridgehead atoms. The Labute approximate surface area is 111 Å². The highest BCUT2D eigenvalue weighted by Crippen LogP contribution is 2.19. The smallest absolute Gasteiger partial charge is 0.337 e. The minimum atomic E-state index is -1.09. The van der Waals surface area contributed by atoms with Crippen LogP contribution in [0.5, 0.6) is 0 Å². The summed E-state index contributed by atoms with van der Waals surface area (Å²) >= 11 is 0. The second-order valence-corrected chi connectivity index (χ2v) is 5.88. The van der Waals surface area contributed by atoms with Gasteiger partial charge in [-0.2, -0.15) is 0 Å². The molecule has 0 aliphatic carbocycles. The Morgan fingerprint density at radius 2 is 2.21 bits per heavy atom. The van der Waals surface area contributed by atoms with Crippen molar-refractivity contribution in [3.63, 3.8) is 0 Å². The SMILES string of the molecule is CC(CS(C)=O)n1c(=O)[nH]c2cccc(C(=O)O)c21. The highest BCUT2D eigenvalue weighted by atomic mass is 32.2. The standard InChI is InChI=1S/C12H14N2O4S/c1-7(6-19(2)18)14-10-8(11(15)16)4-3-5-9(10)13-12(14)17/h3-5,7H,6H2,1-2H3,(H,13,17)(H,15,16). The van der Waals surface area contributed by atoms with Gasteiger partial charge in [-0.05, 0) is 19.1 Å². The van der Waals surface area contributed by atoms with E-state index in [1.54, 1.807) is 25.3 Å². The summed E-state index contributed by atoms with van der Waals surface area (Å²) < 4.78 is 12.6. The monoisotopic (exact) mass is 282 g/mol.